The first-order valence-electron chi connectivity index (χ1n) is 7.11. The predicted octanol–water partition coefficient (Wildman–Crippen LogP) is 2.68. The molecule has 0 unspecified atom stereocenters. The van der Waals surface area contributed by atoms with Crippen LogP contribution in [0.3, 0.4) is 0 Å². The molecule has 2 rings (SSSR count). The minimum Gasteiger partial charge on any atom is -0.496 e. The Labute approximate surface area is 130 Å². The fourth-order valence-corrected chi connectivity index (χ4v) is 2.73. The molecule has 0 aromatic heterocycles. The van der Waals surface area contributed by atoms with Crippen LogP contribution >= 0.6 is 11.6 Å². The van der Waals surface area contributed by atoms with Gasteiger partial charge < -0.3 is 9.64 Å². The zero-order valence-corrected chi connectivity index (χ0v) is 13.1. The third-order valence-corrected chi connectivity index (χ3v) is 3.89. The van der Waals surface area contributed by atoms with Gasteiger partial charge in [0, 0.05) is 37.7 Å². The maximum atomic E-state index is 12.7. The molecule has 1 aromatic rings. The molecule has 1 aliphatic heterocycles. The van der Waals surface area contributed by atoms with Gasteiger partial charge in [-0.15, -0.1) is 6.58 Å². The van der Waals surface area contributed by atoms with Crippen LogP contribution in [0.5, 0.6) is 5.75 Å². The van der Waals surface area contributed by atoms with Crippen molar-refractivity contribution >= 4 is 17.5 Å². The quantitative estimate of drug-likeness (QED) is 0.802. The minimum atomic E-state index is -0.0187. The molecular formula is C16H21ClN2O2. The van der Waals surface area contributed by atoms with E-state index in [4.69, 9.17) is 16.3 Å². The molecule has 0 aliphatic carbocycles. The van der Waals surface area contributed by atoms with Crippen LogP contribution in [0.15, 0.2) is 30.9 Å². The van der Waals surface area contributed by atoms with Crippen molar-refractivity contribution in [3.63, 3.8) is 0 Å². The summed E-state index contributed by atoms with van der Waals surface area (Å²) in [5, 5.41) is 0.544. The lowest BCUT2D eigenvalue weighted by molar-refractivity contribution is 0.0758. The van der Waals surface area contributed by atoms with Crippen molar-refractivity contribution < 1.29 is 9.53 Å². The molecule has 0 spiro atoms. The zero-order valence-electron chi connectivity index (χ0n) is 12.3. The van der Waals surface area contributed by atoms with Crippen LogP contribution in [-0.4, -0.2) is 55.5 Å². The van der Waals surface area contributed by atoms with Crippen LogP contribution in [-0.2, 0) is 0 Å². The molecule has 1 heterocycles. The molecule has 1 amide bonds. The van der Waals surface area contributed by atoms with Crippen molar-refractivity contribution in [1.29, 1.82) is 0 Å². The Morgan fingerprint density at radius 1 is 1.38 bits per heavy atom. The minimum absolute atomic E-state index is 0.0187. The van der Waals surface area contributed by atoms with E-state index in [1.54, 1.807) is 25.3 Å². The number of carbonyl (C=O) groups excluding carboxylic acids is 1. The molecule has 114 valence electrons. The first-order valence-corrected chi connectivity index (χ1v) is 7.49. The summed E-state index contributed by atoms with van der Waals surface area (Å²) in [6.07, 6.45) is 2.86. The van der Waals surface area contributed by atoms with Gasteiger partial charge in [-0.25, -0.2) is 0 Å². The third kappa shape index (κ3) is 3.99. The van der Waals surface area contributed by atoms with E-state index in [2.05, 4.69) is 11.5 Å². The van der Waals surface area contributed by atoms with E-state index in [0.29, 0.717) is 22.9 Å². The van der Waals surface area contributed by atoms with Gasteiger partial charge in [-0.05, 0) is 24.6 Å². The van der Waals surface area contributed by atoms with Gasteiger partial charge in [0.05, 0.1) is 12.7 Å². The fraction of sp³-hybridized carbons (Fsp3) is 0.438. The molecule has 0 atom stereocenters. The van der Waals surface area contributed by atoms with Crippen molar-refractivity contribution in [3.8, 4) is 5.75 Å². The molecule has 0 bridgehead atoms. The zero-order chi connectivity index (χ0) is 15.2. The van der Waals surface area contributed by atoms with Gasteiger partial charge in [0.1, 0.15) is 5.75 Å². The lowest BCUT2D eigenvalue weighted by atomic mass is 10.1. The molecule has 1 fully saturated rings. The summed E-state index contributed by atoms with van der Waals surface area (Å²) >= 11 is 6.01. The van der Waals surface area contributed by atoms with Gasteiger partial charge in [-0.3, -0.25) is 9.69 Å². The summed E-state index contributed by atoms with van der Waals surface area (Å²) in [5.41, 5.74) is 0.530. The van der Waals surface area contributed by atoms with Crippen LogP contribution in [0.1, 0.15) is 16.8 Å². The molecule has 1 aromatic carbocycles. The number of amides is 1. The van der Waals surface area contributed by atoms with Crippen LogP contribution in [0.25, 0.3) is 0 Å². The average Bonchev–Trinajstić information content (AvgIpc) is 2.72. The number of hydrogen-bond donors (Lipinski definition) is 0. The summed E-state index contributed by atoms with van der Waals surface area (Å²) in [4.78, 5) is 16.9. The molecule has 0 N–H and O–H groups in total. The molecule has 21 heavy (non-hydrogen) atoms. The maximum absolute atomic E-state index is 12.7. The SMILES string of the molecule is C=CCN1CCCN(C(=O)c2cc(Cl)ccc2OC)CC1. The topological polar surface area (TPSA) is 32.8 Å². The average molecular weight is 309 g/mol. The van der Waals surface area contributed by atoms with Gasteiger partial charge in [0.2, 0.25) is 0 Å². The number of nitrogens with zero attached hydrogens (tertiary/aromatic N) is 2. The fourth-order valence-electron chi connectivity index (χ4n) is 2.56. The van der Waals surface area contributed by atoms with Crippen molar-refractivity contribution in [2.45, 2.75) is 6.42 Å². The van der Waals surface area contributed by atoms with Crippen LogP contribution in [0, 0.1) is 0 Å². The normalized spacial score (nSPS) is 16.4. The van der Waals surface area contributed by atoms with Gasteiger partial charge in [-0.1, -0.05) is 17.7 Å². The Morgan fingerprint density at radius 3 is 2.90 bits per heavy atom. The molecule has 1 saturated heterocycles. The second-order valence-electron chi connectivity index (χ2n) is 5.08. The van der Waals surface area contributed by atoms with Gasteiger partial charge in [-0.2, -0.15) is 0 Å². The maximum Gasteiger partial charge on any atom is 0.257 e. The molecule has 5 heteroatoms. The van der Waals surface area contributed by atoms with Gasteiger partial charge in [0.15, 0.2) is 0 Å². The number of halogens is 1. The van der Waals surface area contributed by atoms with E-state index < -0.39 is 0 Å². The van der Waals surface area contributed by atoms with Crippen LogP contribution in [0.4, 0.5) is 0 Å². The van der Waals surface area contributed by atoms with Gasteiger partial charge >= 0.3 is 0 Å². The first kappa shape index (κ1) is 15.9. The predicted molar refractivity (Wildman–Crippen MR) is 85.2 cm³/mol. The summed E-state index contributed by atoms with van der Waals surface area (Å²) in [7, 11) is 1.56. The number of rotatable bonds is 4. The highest BCUT2D eigenvalue weighted by Crippen LogP contribution is 2.24. The third-order valence-electron chi connectivity index (χ3n) is 3.65. The van der Waals surface area contributed by atoms with E-state index in [0.717, 1.165) is 32.6 Å². The largest absolute Gasteiger partial charge is 0.496 e. The Balaban J connectivity index is 2.12. The Bertz CT molecular complexity index is 519. The molecule has 4 nitrogen and oxygen atoms in total. The van der Waals surface area contributed by atoms with E-state index >= 15 is 0 Å². The second kappa shape index (κ2) is 7.48. The summed E-state index contributed by atoms with van der Waals surface area (Å²) in [6.45, 7) is 7.94. The van der Waals surface area contributed by atoms with Crippen molar-refractivity contribution in [3.05, 3.63) is 41.4 Å². The van der Waals surface area contributed by atoms with Crippen molar-refractivity contribution in [2.24, 2.45) is 0 Å². The second-order valence-corrected chi connectivity index (χ2v) is 5.52. The highest BCUT2D eigenvalue weighted by atomic mass is 35.5. The van der Waals surface area contributed by atoms with E-state index in [9.17, 15) is 4.79 Å². The standard InChI is InChI=1S/C16H21ClN2O2/c1-3-7-18-8-4-9-19(11-10-18)16(20)14-12-13(17)5-6-15(14)21-2/h3,5-6,12H,1,4,7-11H2,2H3. The van der Waals surface area contributed by atoms with Gasteiger partial charge in [0.25, 0.3) is 5.91 Å². The molecule has 1 aliphatic rings. The van der Waals surface area contributed by atoms with Crippen LogP contribution < -0.4 is 4.74 Å². The Morgan fingerprint density at radius 2 is 2.19 bits per heavy atom. The lowest BCUT2D eigenvalue weighted by Gasteiger charge is -2.22. The van der Waals surface area contributed by atoms with E-state index in [1.165, 1.54) is 0 Å². The number of benzene rings is 1. The molecule has 0 radical (unpaired) electrons. The summed E-state index contributed by atoms with van der Waals surface area (Å²) in [5.74, 6) is 0.548. The number of carbonyl (C=O) groups is 1. The Hall–Kier alpha value is -1.52. The van der Waals surface area contributed by atoms with Crippen LogP contribution in [0.2, 0.25) is 5.02 Å². The van der Waals surface area contributed by atoms with Crippen molar-refractivity contribution in [1.82, 2.24) is 9.80 Å². The number of ether oxygens (including phenoxy) is 1. The number of hydrogen-bond acceptors (Lipinski definition) is 3. The highest BCUT2D eigenvalue weighted by Gasteiger charge is 2.22. The van der Waals surface area contributed by atoms with E-state index in [1.807, 2.05) is 11.0 Å². The smallest absolute Gasteiger partial charge is 0.257 e. The van der Waals surface area contributed by atoms with E-state index in [-0.39, 0.29) is 5.91 Å². The summed E-state index contributed by atoms with van der Waals surface area (Å²) < 4.78 is 5.27. The molecule has 0 saturated carbocycles. The monoisotopic (exact) mass is 308 g/mol. The highest BCUT2D eigenvalue weighted by molar-refractivity contribution is 6.31. The Kier molecular flexibility index (Phi) is 5.65. The summed E-state index contributed by atoms with van der Waals surface area (Å²) in [6, 6.07) is 5.14. The first-order chi connectivity index (χ1) is 10.2. The van der Waals surface area contributed by atoms with Crippen molar-refractivity contribution in [2.75, 3.05) is 39.8 Å². The number of methoxy groups -OCH3 is 1. The molecular weight excluding hydrogens is 288 g/mol. The lowest BCUT2D eigenvalue weighted by Crippen LogP contribution is -2.35.